The van der Waals surface area contributed by atoms with Crippen LogP contribution >= 0.6 is 12.4 Å². The summed E-state index contributed by atoms with van der Waals surface area (Å²) < 4.78 is 10.7. The van der Waals surface area contributed by atoms with Gasteiger partial charge in [0, 0.05) is 12.6 Å². The van der Waals surface area contributed by atoms with Crippen LogP contribution in [0, 0.1) is 0 Å². The summed E-state index contributed by atoms with van der Waals surface area (Å²) in [6.45, 7) is 0.388. The number of halogens is 1. The third kappa shape index (κ3) is 3.29. The van der Waals surface area contributed by atoms with Crippen LogP contribution in [0.2, 0.25) is 0 Å². The molecule has 3 rings (SSSR count). The van der Waals surface area contributed by atoms with Crippen LogP contribution in [0.4, 0.5) is 0 Å². The van der Waals surface area contributed by atoms with Gasteiger partial charge in [-0.05, 0) is 35.2 Å². The van der Waals surface area contributed by atoms with Gasteiger partial charge < -0.3 is 20.3 Å². The lowest BCUT2D eigenvalue weighted by atomic mass is 9.99. The number of hydrogen-bond acceptors (Lipinski definition) is 4. The molecule has 21 heavy (non-hydrogen) atoms. The minimum absolute atomic E-state index is 0. The molecule has 1 heterocycles. The van der Waals surface area contributed by atoms with Crippen molar-refractivity contribution in [1.29, 1.82) is 0 Å². The zero-order valence-electron chi connectivity index (χ0n) is 11.5. The lowest BCUT2D eigenvalue weighted by Crippen LogP contribution is -2.11. The molecule has 0 radical (unpaired) electrons. The summed E-state index contributed by atoms with van der Waals surface area (Å²) in [5.74, 6) is 1.57. The van der Waals surface area contributed by atoms with Gasteiger partial charge in [-0.25, -0.2) is 0 Å². The maximum Gasteiger partial charge on any atom is 0.231 e. The average molecular weight is 308 g/mol. The van der Waals surface area contributed by atoms with Crippen LogP contribution < -0.4 is 15.2 Å². The molecular weight excluding hydrogens is 290 g/mol. The van der Waals surface area contributed by atoms with Gasteiger partial charge in [0.15, 0.2) is 11.5 Å². The molecule has 0 fully saturated rings. The predicted molar refractivity (Wildman–Crippen MR) is 83.9 cm³/mol. The monoisotopic (exact) mass is 307 g/mol. The van der Waals surface area contributed by atoms with E-state index in [1.807, 2.05) is 42.5 Å². The first-order chi connectivity index (χ1) is 9.78. The molecule has 2 aromatic carbocycles. The number of benzene rings is 2. The van der Waals surface area contributed by atoms with Crippen molar-refractivity contribution in [2.75, 3.05) is 13.4 Å². The van der Waals surface area contributed by atoms with E-state index in [4.69, 9.17) is 20.3 Å². The predicted octanol–water partition coefficient (Wildman–Crippen LogP) is 2.89. The van der Waals surface area contributed by atoms with Gasteiger partial charge in [0.05, 0.1) is 0 Å². The summed E-state index contributed by atoms with van der Waals surface area (Å²) in [7, 11) is 0. The van der Waals surface area contributed by atoms with Gasteiger partial charge in [-0.15, -0.1) is 12.4 Å². The lowest BCUT2D eigenvalue weighted by molar-refractivity contribution is 0.174. The van der Waals surface area contributed by atoms with E-state index >= 15 is 0 Å². The Hall–Kier alpha value is -1.75. The number of ether oxygens (including phenoxy) is 2. The Balaban J connectivity index is 0.00000161. The van der Waals surface area contributed by atoms with Crippen molar-refractivity contribution in [2.24, 2.45) is 5.73 Å². The molecule has 3 N–H and O–H groups in total. The maximum atomic E-state index is 8.91. The SMILES string of the molecule is Cl.N[C@H](CCO)c1ccc(-c2ccc3c(c2)OCO3)cc1. The molecule has 0 saturated carbocycles. The van der Waals surface area contributed by atoms with Gasteiger partial charge in [-0.3, -0.25) is 0 Å². The summed E-state index contributed by atoms with van der Waals surface area (Å²) in [5, 5.41) is 8.91. The third-order valence-corrected chi connectivity index (χ3v) is 3.48. The Bertz CT molecular complexity index is 601. The summed E-state index contributed by atoms with van der Waals surface area (Å²) in [5.41, 5.74) is 9.18. The summed E-state index contributed by atoms with van der Waals surface area (Å²) in [6, 6.07) is 13.9. The molecule has 1 atom stereocenters. The molecule has 5 heteroatoms. The van der Waals surface area contributed by atoms with E-state index in [-0.39, 0.29) is 31.8 Å². The van der Waals surface area contributed by atoms with Crippen LogP contribution in [0.1, 0.15) is 18.0 Å². The molecule has 4 nitrogen and oxygen atoms in total. The first kappa shape index (κ1) is 15.6. The molecule has 0 spiro atoms. The zero-order chi connectivity index (χ0) is 13.9. The first-order valence-electron chi connectivity index (χ1n) is 6.64. The highest BCUT2D eigenvalue weighted by Gasteiger charge is 2.14. The molecule has 2 aromatic rings. The molecular formula is C16H18ClNO3. The quantitative estimate of drug-likeness (QED) is 0.911. The second kappa shape index (κ2) is 6.80. The van der Waals surface area contributed by atoms with E-state index in [1.165, 1.54) is 0 Å². The van der Waals surface area contributed by atoms with Gasteiger partial charge >= 0.3 is 0 Å². The van der Waals surface area contributed by atoms with Crippen molar-refractivity contribution in [3.8, 4) is 22.6 Å². The van der Waals surface area contributed by atoms with Gasteiger partial charge in [-0.2, -0.15) is 0 Å². The summed E-state index contributed by atoms with van der Waals surface area (Å²) in [6.07, 6.45) is 0.573. The summed E-state index contributed by atoms with van der Waals surface area (Å²) in [4.78, 5) is 0. The Morgan fingerprint density at radius 1 is 1.00 bits per heavy atom. The Morgan fingerprint density at radius 2 is 1.67 bits per heavy atom. The van der Waals surface area contributed by atoms with Gasteiger partial charge in [0.2, 0.25) is 6.79 Å². The van der Waals surface area contributed by atoms with E-state index in [1.54, 1.807) is 0 Å². The Labute approximate surface area is 129 Å². The molecule has 0 amide bonds. The number of nitrogens with two attached hydrogens (primary N) is 1. The second-order valence-corrected chi connectivity index (χ2v) is 4.81. The molecule has 0 saturated heterocycles. The third-order valence-electron chi connectivity index (χ3n) is 3.48. The van der Waals surface area contributed by atoms with Crippen molar-refractivity contribution >= 4 is 12.4 Å². The van der Waals surface area contributed by atoms with Crippen LogP contribution in [0.15, 0.2) is 42.5 Å². The molecule has 1 aliphatic rings. The van der Waals surface area contributed by atoms with E-state index in [9.17, 15) is 0 Å². The fraction of sp³-hybridized carbons (Fsp3) is 0.250. The molecule has 0 aliphatic carbocycles. The van der Waals surface area contributed by atoms with E-state index < -0.39 is 0 Å². The van der Waals surface area contributed by atoms with E-state index in [2.05, 4.69) is 0 Å². The van der Waals surface area contributed by atoms with Crippen molar-refractivity contribution in [1.82, 2.24) is 0 Å². The first-order valence-corrected chi connectivity index (χ1v) is 6.64. The van der Waals surface area contributed by atoms with Gasteiger partial charge in [-0.1, -0.05) is 30.3 Å². The van der Waals surface area contributed by atoms with Crippen molar-refractivity contribution < 1.29 is 14.6 Å². The van der Waals surface area contributed by atoms with Crippen LogP contribution in [0.25, 0.3) is 11.1 Å². The fourth-order valence-corrected chi connectivity index (χ4v) is 2.30. The van der Waals surface area contributed by atoms with Crippen LogP contribution in [-0.2, 0) is 0 Å². The highest BCUT2D eigenvalue weighted by atomic mass is 35.5. The molecule has 0 aromatic heterocycles. The zero-order valence-corrected chi connectivity index (χ0v) is 12.3. The van der Waals surface area contributed by atoms with Crippen molar-refractivity contribution in [3.63, 3.8) is 0 Å². The Morgan fingerprint density at radius 3 is 2.38 bits per heavy atom. The van der Waals surface area contributed by atoms with Crippen LogP contribution in [0.3, 0.4) is 0 Å². The maximum absolute atomic E-state index is 8.91. The smallest absolute Gasteiger partial charge is 0.231 e. The topological polar surface area (TPSA) is 64.7 Å². The standard InChI is InChI=1S/C16H17NO3.ClH/c17-14(7-8-18)12-3-1-11(2-4-12)13-5-6-15-16(9-13)20-10-19-15;/h1-6,9,14,18H,7-8,10,17H2;1H/t14-;/m1./s1. The number of aliphatic hydroxyl groups excluding tert-OH is 1. The molecule has 1 aliphatic heterocycles. The summed E-state index contributed by atoms with van der Waals surface area (Å²) >= 11 is 0. The molecule has 112 valence electrons. The van der Waals surface area contributed by atoms with Crippen LogP contribution in [-0.4, -0.2) is 18.5 Å². The minimum atomic E-state index is -0.120. The van der Waals surface area contributed by atoms with Gasteiger partial charge in [0.1, 0.15) is 0 Å². The number of aliphatic hydroxyl groups is 1. The highest BCUT2D eigenvalue weighted by Crippen LogP contribution is 2.36. The fourth-order valence-electron chi connectivity index (χ4n) is 2.30. The lowest BCUT2D eigenvalue weighted by Gasteiger charge is -2.11. The number of fused-ring (bicyclic) bond motifs is 1. The van der Waals surface area contributed by atoms with Gasteiger partial charge in [0.25, 0.3) is 0 Å². The minimum Gasteiger partial charge on any atom is -0.454 e. The highest BCUT2D eigenvalue weighted by molar-refractivity contribution is 5.85. The van der Waals surface area contributed by atoms with E-state index in [0.717, 1.165) is 28.2 Å². The number of rotatable bonds is 4. The van der Waals surface area contributed by atoms with Crippen LogP contribution in [0.5, 0.6) is 11.5 Å². The normalized spacial score (nSPS) is 13.6. The Kier molecular flexibility index (Phi) is 5.07. The van der Waals surface area contributed by atoms with Crippen molar-refractivity contribution in [3.05, 3.63) is 48.0 Å². The second-order valence-electron chi connectivity index (χ2n) is 4.81. The molecule has 0 unspecified atom stereocenters. The average Bonchev–Trinajstić information content (AvgIpc) is 2.95. The largest absolute Gasteiger partial charge is 0.454 e. The number of hydrogen-bond donors (Lipinski definition) is 2. The molecule has 0 bridgehead atoms. The van der Waals surface area contributed by atoms with E-state index in [0.29, 0.717) is 6.42 Å². The van der Waals surface area contributed by atoms with Crippen molar-refractivity contribution in [2.45, 2.75) is 12.5 Å².